The molecule has 0 unspecified atom stereocenters. The van der Waals surface area contributed by atoms with Gasteiger partial charge in [-0.25, -0.2) is 0 Å². The molecule has 0 aliphatic heterocycles. The Bertz CT molecular complexity index is 543. The lowest BCUT2D eigenvalue weighted by molar-refractivity contribution is 0.101. The Morgan fingerprint density at radius 1 is 1.22 bits per heavy atom. The van der Waals surface area contributed by atoms with Gasteiger partial charge in [0.2, 0.25) is 0 Å². The largest absolute Gasteiger partial charge is 0.341 e. The van der Waals surface area contributed by atoms with Crippen LogP contribution in [0.5, 0.6) is 0 Å². The van der Waals surface area contributed by atoms with Crippen molar-refractivity contribution in [3.63, 3.8) is 0 Å². The summed E-state index contributed by atoms with van der Waals surface area (Å²) in [5.74, 6) is -0.0870. The summed E-state index contributed by atoms with van der Waals surface area (Å²) >= 11 is 3.36. The average molecular weight is 307 g/mol. The molecule has 3 nitrogen and oxygen atoms in total. The third-order valence-electron chi connectivity index (χ3n) is 2.67. The molecule has 0 bridgehead atoms. The van der Waals surface area contributed by atoms with Gasteiger partial charge < -0.3 is 9.88 Å². The highest BCUT2D eigenvalue weighted by molar-refractivity contribution is 9.10. The second kappa shape index (κ2) is 5.40. The van der Waals surface area contributed by atoms with Crippen molar-refractivity contribution in [2.75, 3.05) is 5.32 Å². The van der Waals surface area contributed by atoms with Crippen molar-refractivity contribution in [2.24, 2.45) is 0 Å². The van der Waals surface area contributed by atoms with Gasteiger partial charge in [-0.05, 0) is 50.2 Å². The van der Waals surface area contributed by atoms with Crippen LogP contribution in [0.1, 0.15) is 30.4 Å². The van der Waals surface area contributed by atoms with E-state index in [9.17, 15) is 4.79 Å². The van der Waals surface area contributed by atoms with Crippen LogP contribution in [0.4, 0.5) is 5.69 Å². The van der Waals surface area contributed by atoms with Crippen LogP contribution in [0.3, 0.4) is 0 Å². The van der Waals surface area contributed by atoms with E-state index in [1.54, 1.807) is 0 Å². The number of halogens is 1. The number of carbonyl (C=O) groups excluding carboxylic acids is 1. The first-order valence-corrected chi connectivity index (χ1v) is 6.61. The topological polar surface area (TPSA) is 34.0 Å². The summed E-state index contributed by atoms with van der Waals surface area (Å²) in [6, 6.07) is 11.5. The van der Waals surface area contributed by atoms with Gasteiger partial charge in [0.1, 0.15) is 5.69 Å². The van der Waals surface area contributed by atoms with Crippen molar-refractivity contribution in [1.82, 2.24) is 4.57 Å². The first kappa shape index (κ1) is 12.9. The summed E-state index contributed by atoms with van der Waals surface area (Å²) < 4.78 is 2.94. The van der Waals surface area contributed by atoms with E-state index in [4.69, 9.17) is 0 Å². The van der Waals surface area contributed by atoms with E-state index in [1.165, 1.54) is 0 Å². The minimum Gasteiger partial charge on any atom is -0.341 e. The van der Waals surface area contributed by atoms with E-state index < -0.39 is 0 Å². The number of hydrogen-bond acceptors (Lipinski definition) is 1. The zero-order valence-corrected chi connectivity index (χ0v) is 11.9. The molecule has 0 spiro atoms. The Morgan fingerprint density at radius 3 is 2.50 bits per heavy atom. The summed E-state index contributed by atoms with van der Waals surface area (Å²) in [4.78, 5) is 12.1. The van der Waals surface area contributed by atoms with Gasteiger partial charge in [-0.1, -0.05) is 15.9 Å². The van der Waals surface area contributed by atoms with Gasteiger partial charge in [0.25, 0.3) is 5.91 Å². The Kier molecular flexibility index (Phi) is 3.87. The molecule has 0 saturated carbocycles. The van der Waals surface area contributed by atoms with Crippen molar-refractivity contribution < 1.29 is 4.79 Å². The zero-order chi connectivity index (χ0) is 13.1. The third kappa shape index (κ3) is 2.82. The number of carbonyl (C=O) groups is 1. The van der Waals surface area contributed by atoms with Crippen molar-refractivity contribution in [2.45, 2.75) is 19.9 Å². The third-order valence-corrected chi connectivity index (χ3v) is 3.20. The van der Waals surface area contributed by atoms with Crippen LogP contribution in [0.25, 0.3) is 0 Å². The van der Waals surface area contributed by atoms with Gasteiger partial charge in [-0.15, -0.1) is 0 Å². The number of nitrogens with one attached hydrogen (secondary N) is 1. The van der Waals surface area contributed by atoms with Gasteiger partial charge >= 0.3 is 0 Å². The van der Waals surface area contributed by atoms with E-state index >= 15 is 0 Å². The lowest BCUT2D eigenvalue weighted by Gasteiger charge is -2.12. The molecule has 1 heterocycles. The van der Waals surface area contributed by atoms with Gasteiger partial charge in [0.15, 0.2) is 0 Å². The first-order valence-electron chi connectivity index (χ1n) is 5.81. The minimum absolute atomic E-state index is 0.0870. The van der Waals surface area contributed by atoms with Crippen LogP contribution in [0.2, 0.25) is 0 Å². The van der Waals surface area contributed by atoms with Crippen molar-refractivity contribution in [1.29, 1.82) is 0 Å². The molecule has 1 amide bonds. The fourth-order valence-corrected chi connectivity index (χ4v) is 2.03. The molecular weight excluding hydrogens is 292 g/mol. The van der Waals surface area contributed by atoms with Crippen LogP contribution in [-0.2, 0) is 0 Å². The normalized spacial score (nSPS) is 10.7. The summed E-state index contributed by atoms with van der Waals surface area (Å²) in [6.45, 7) is 4.10. The van der Waals surface area contributed by atoms with E-state index in [-0.39, 0.29) is 11.9 Å². The quantitative estimate of drug-likeness (QED) is 0.910. The highest BCUT2D eigenvalue weighted by atomic mass is 79.9. The first-order chi connectivity index (χ1) is 8.58. The Morgan fingerprint density at radius 2 is 1.89 bits per heavy atom. The summed E-state index contributed by atoms with van der Waals surface area (Å²) in [7, 11) is 0. The van der Waals surface area contributed by atoms with Crippen LogP contribution in [0.15, 0.2) is 47.1 Å². The predicted octanol–water partition coefficient (Wildman–Crippen LogP) is 4.08. The van der Waals surface area contributed by atoms with Crippen LogP contribution in [0, 0.1) is 0 Å². The second-order valence-electron chi connectivity index (χ2n) is 4.36. The molecule has 1 aromatic carbocycles. The molecule has 2 aromatic rings. The summed E-state index contributed by atoms with van der Waals surface area (Å²) in [5.41, 5.74) is 1.47. The maximum Gasteiger partial charge on any atom is 0.272 e. The highest BCUT2D eigenvalue weighted by Gasteiger charge is 2.12. The molecule has 1 N–H and O–H groups in total. The number of hydrogen-bond donors (Lipinski definition) is 1. The molecular formula is C14H15BrN2O. The summed E-state index contributed by atoms with van der Waals surface area (Å²) in [5, 5.41) is 2.89. The molecule has 2 rings (SSSR count). The van der Waals surface area contributed by atoms with Crippen molar-refractivity contribution >= 4 is 27.5 Å². The average Bonchev–Trinajstić information content (AvgIpc) is 2.81. The molecule has 4 heteroatoms. The number of aromatic nitrogens is 1. The predicted molar refractivity (Wildman–Crippen MR) is 76.9 cm³/mol. The SMILES string of the molecule is CC(C)n1cccc1C(=O)Nc1ccc(Br)cc1. The molecule has 0 fully saturated rings. The molecule has 94 valence electrons. The van der Waals surface area contributed by atoms with Crippen molar-refractivity contribution in [3.8, 4) is 0 Å². The molecule has 0 saturated heterocycles. The Hall–Kier alpha value is -1.55. The van der Waals surface area contributed by atoms with Gasteiger partial charge in [0, 0.05) is 22.4 Å². The molecule has 0 aliphatic rings. The lowest BCUT2D eigenvalue weighted by atomic mass is 10.3. The van der Waals surface area contributed by atoms with Crippen LogP contribution < -0.4 is 5.32 Å². The molecule has 0 atom stereocenters. The smallest absolute Gasteiger partial charge is 0.272 e. The van der Waals surface area contributed by atoms with Crippen LogP contribution >= 0.6 is 15.9 Å². The molecule has 0 aliphatic carbocycles. The van der Waals surface area contributed by atoms with E-state index in [1.807, 2.05) is 47.2 Å². The standard InChI is InChI=1S/C14H15BrN2O/c1-10(2)17-9-3-4-13(17)14(18)16-12-7-5-11(15)6-8-12/h3-10H,1-2H3,(H,16,18). The maximum absolute atomic E-state index is 12.1. The van der Waals surface area contributed by atoms with E-state index in [2.05, 4.69) is 35.1 Å². The molecule has 1 aromatic heterocycles. The van der Waals surface area contributed by atoms with Crippen molar-refractivity contribution in [3.05, 3.63) is 52.8 Å². The minimum atomic E-state index is -0.0870. The fourth-order valence-electron chi connectivity index (χ4n) is 1.76. The van der Waals surface area contributed by atoms with Gasteiger partial charge in [-0.2, -0.15) is 0 Å². The fraction of sp³-hybridized carbons (Fsp3) is 0.214. The number of anilines is 1. The van der Waals surface area contributed by atoms with Gasteiger partial charge in [0.05, 0.1) is 0 Å². The second-order valence-corrected chi connectivity index (χ2v) is 5.27. The zero-order valence-electron chi connectivity index (χ0n) is 10.4. The Labute approximate surface area is 115 Å². The number of nitrogens with zero attached hydrogens (tertiary/aromatic N) is 1. The summed E-state index contributed by atoms with van der Waals surface area (Å²) in [6.07, 6.45) is 1.92. The Balaban J connectivity index is 2.17. The molecule has 18 heavy (non-hydrogen) atoms. The maximum atomic E-state index is 12.1. The molecule has 0 radical (unpaired) electrons. The number of benzene rings is 1. The van der Waals surface area contributed by atoms with E-state index in [0.717, 1.165) is 10.2 Å². The lowest BCUT2D eigenvalue weighted by Crippen LogP contribution is -2.17. The highest BCUT2D eigenvalue weighted by Crippen LogP contribution is 2.16. The van der Waals surface area contributed by atoms with E-state index in [0.29, 0.717) is 5.69 Å². The number of rotatable bonds is 3. The monoisotopic (exact) mass is 306 g/mol. The number of amides is 1. The van der Waals surface area contributed by atoms with Gasteiger partial charge in [-0.3, -0.25) is 4.79 Å². The van der Waals surface area contributed by atoms with Crippen LogP contribution in [-0.4, -0.2) is 10.5 Å².